The zero-order chi connectivity index (χ0) is 25.2. The first-order valence-electron chi connectivity index (χ1n) is 11.9. The van der Waals surface area contributed by atoms with E-state index in [0.717, 1.165) is 16.5 Å². The zero-order valence-electron chi connectivity index (χ0n) is 19.7. The van der Waals surface area contributed by atoms with Crippen molar-refractivity contribution in [2.45, 2.75) is 45.1 Å². The number of nitrogens with zero attached hydrogens (tertiary/aromatic N) is 2. The van der Waals surface area contributed by atoms with Crippen molar-refractivity contribution in [2.75, 3.05) is 19.9 Å². The van der Waals surface area contributed by atoms with E-state index < -0.39 is 12.0 Å². The fraction of sp³-hybridized carbons (Fsp3) is 0.385. The maximum atomic E-state index is 14.1. The molecule has 0 radical (unpaired) electrons. The van der Waals surface area contributed by atoms with Crippen molar-refractivity contribution in [3.05, 3.63) is 59.0 Å². The van der Waals surface area contributed by atoms with Gasteiger partial charge in [0.2, 0.25) is 5.91 Å². The Morgan fingerprint density at radius 1 is 1.22 bits per heavy atom. The third-order valence-corrected chi connectivity index (χ3v) is 6.66. The average Bonchev–Trinajstić information content (AvgIpc) is 3.48. The number of carbonyl (C=O) groups excluding carboxylic acids is 1. The summed E-state index contributed by atoms with van der Waals surface area (Å²) in [6, 6.07) is 7.56. The normalized spacial score (nSPS) is 17.2. The predicted octanol–water partition coefficient (Wildman–Crippen LogP) is 2.80. The van der Waals surface area contributed by atoms with Gasteiger partial charge >= 0.3 is 5.97 Å². The molecule has 3 N–H and O–H groups in total. The largest absolute Gasteiger partial charge is 0.489 e. The Hall–Kier alpha value is -3.63. The Labute approximate surface area is 207 Å². The second-order valence-electron chi connectivity index (χ2n) is 9.04. The molecule has 0 saturated carbocycles. The van der Waals surface area contributed by atoms with E-state index in [4.69, 9.17) is 19.9 Å². The van der Waals surface area contributed by atoms with Crippen LogP contribution in [0, 0.1) is 5.82 Å². The number of halogens is 1. The van der Waals surface area contributed by atoms with Crippen LogP contribution >= 0.6 is 0 Å². The second-order valence-corrected chi connectivity index (χ2v) is 9.04. The molecule has 5 rings (SSSR count). The number of fused-ring (bicyclic) bond motifs is 2. The van der Waals surface area contributed by atoms with Crippen molar-refractivity contribution < 1.29 is 33.3 Å². The van der Waals surface area contributed by atoms with Crippen molar-refractivity contribution >= 4 is 22.8 Å². The molecule has 2 aliphatic heterocycles. The Balaban J connectivity index is 1.38. The van der Waals surface area contributed by atoms with E-state index in [0.29, 0.717) is 55.0 Å². The van der Waals surface area contributed by atoms with Gasteiger partial charge in [0, 0.05) is 34.8 Å². The summed E-state index contributed by atoms with van der Waals surface area (Å²) in [5.41, 5.74) is 8.85. The van der Waals surface area contributed by atoms with Crippen molar-refractivity contribution in [3.8, 4) is 11.5 Å². The number of aliphatic carboxylic acids is 1. The van der Waals surface area contributed by atoms with Crippen LogP contribution in [-0.2, 0) is 40.5 Å². The first kappa shape index (κ1) is 24.1. The highest BCUT2D eigenvalue weighted by atomic mass is 19.1. The summed E-state index contributed by atoms with van der Waals surface area (Å²) in [6.45, 7) is 1.42. The molecule has 1 atom stereocenters. The summed E-state index contributed by atoms with van der Waals surface area (Å²) in [6.07, 6.45) is 3.65. The molecule has 1 fully saturated rings. The van der Waals surface area contributed by atoms with E-state index >= 15 is 0 Å². The summed E-state index contributed by atoms with van der Waals surface area (Å²) in [5, 5.41) is 10.3. The monoisotopic (exact) mass is 497 g/mol. The molecule has 9 nitrogen and oxygen atoms in total. The van der Waals surface area contributed by atoms with E-state index in [2.05, 4.69) is 0 Å². The summed E-state index contributed by atoms with van der Waals surface area (Å²) in [7, 11) is 0. The number of ether oxygens (including phenoxy) is 3. The fourth-order valence-electron chi connectivity index (χ4n) is 5.01. The van der Waals surface area contributed by atoms with E-state index in [1.807, 2.05) is 22.9 Å². The number of hydrogen-bond donors (Lipinski definition) is 2. The molecule has 1 amide bonds. The maximum absolute atomic E-state index is 14.1. The SMILES string of the molecule is NCCc1cn(CC(=O)N2CCCC2C(=O)O)c2ccc(OCc3cc(F)cc4c3OCOC4)cc12. The van der Waals surface area contributed by atoms with E-state index in [1.54, 1.807) is 6.07 Å². The molecule has 190 valence electrons. The van der Waals surface area contributed by atoms with Crippen LogP contribution in [0.15, 0.2) is 36.5 Å². The molecule has 1 saturated heterocycles. The number of carboxylic acids is 1. The van der Waals surface area contributed by atoms with Gasteiger partial charge in [0.05, 0.1) is 6.61 Å². The molecule has 0 aliphatic carbocycles. The molecule has 1 aromatic heterocycles. The lowest BCUT2D eigenvalue weighted by atomic mass is 10.1. The van der Waals surface area contributed by atoms with Crippen molar-refractivity contribution in [1.29, 1.82) is 0 Å². The third-order valence-electron chi connectivity index (χ3n) is 6.66. The van der Waals surface area contributed by atoms with Gasteiger partial charge in [-0.05, 0) is 61.7 Å². The summed E-state index contributed by atoms with van der Waals surface area (Å²) in [4.78, 5) is 25.9. The van der Waals surface area contributed by atoms with Crippen LogP contribution in [0.25, 0.3) is 10.9 Å². The van der Waals surface area contributed by atoms with Gasteiger partial charge in [-0.3, -0.25) is 4.79 Å². The van der Waals surface area contributed by atoms with Gasteiger partial charge < -0.3 is 34.5 Å². The van der Waals surface area contributed by atoms with E-state index in [9.17, 15) is 19.1 Å². The Morgan fingerprint density at radius 3 is 2.89 bits per heavy atom. The number of amides is 1. The quantitative estimate of drug-likeness (QED) is 0.492. The van der Waals surface area contributed by atoms with Crippen molar-refractivity contribution in [3.63, 3.8) is 0 Å². The molecule has 2 aromatic carbocycles. The molecule has 1 unspecified atom stereocenters. The van der Waals surface area contributed by atoms with Gasteiger partial charge in [-0.1, -0.05) is 0 Å². The Morgan fingerprint density at radius 2 is 2.08 bits per heavy atom. The molecule has 2 aliphatic rings. The highest BCUT2D eigenvalue weighted by molar-refractivity contribution is 5.89. The number of carbonyl (C=O) groups is 2. The minimum Gasteiger partial charge on any atom is -0.489 e. The number of likely N-dealkylation sites (tertiary alicyclic amines) is 1. The van der Waals surface area contributed by atoms with Gasteiger partial charge in [-0.25, -0.2) is 9.18 Å². The minimum atomic E-state index is -0.971. The molecule has 3 aromatic rings. The summed E-state index contributed by atoms with van der Waals surface area (Å²) in [5.74, 6) is -0.413. The number of benzene rings is 2. The molecule has 10 heteroatoms. The van der Waals surface area contributed by atoms with E-state index in [-0.39, 0.29) is 38.3 Å². The van der Waals surface area contributed by atoms with Gasteiger partial charge in [-0.2, -0.15) is 0 Å². The molecule has 36 heavy (non-hydrogen) atoms. The van der Waals surface area contributed by atoms with E-state index in [1.165, 1.54) is 17.0 Å². The third kappa shape index (κ3) is 4.74. The first-order chi connectivity index (χ1) is 17.4. The number of aromatic nitrogens is 1. The van der Waals surface area contributed by atoms with Crippen molar-refractivity contribution in [1.82, 2.24) is 9.47 Å². The average molecular weight is 498 g/mol. The molecular formula is C26H28FN3O6. The molecule has 3 heterocycles. The van der Waals surface area contributed by atoms with Crippen molar-refractivity contribution in [2.24, 2.45) is 5.73 Å². The van der Waals surface area contributed by atoms with Gasteiger partial charge in [0.15, 0.2) is 6.79 Å². The van der Waals surface area contributed by atoms with Gasteiger partial charge in [0.1, 0.15) is 36.5 Å². The fourth-order valence-corrected chi connectivity index (χ4v) is 5.01. The van der Waals surface area contributed by atoms with Crippen LogP contribution in [0.2, 0.25) is 0 Å². The lowest BCUT2D eigenvalue weighted by Crippen LogP contribution is -2.41. The van der Waals surface area contributed by atoms with Crippen LogP contribution in [0.4, 0.5) is 4.39 Å². The van der Waals surface area contributed by atoms with Gasteiger partial charge in [0.25, 0.3) is 0 Å². The lowest BCUT2D eigenvalue weighted by molar-refractivity contribution is -0.148. The van der Waals surface area contributed by atoms with Crippen LogP contribution in [0.1, 0.15) is 29.5 Å². The smallest absolute Gasteiger partial charge is 0.326 e. The molecule has 0 bridgehead atoms. The zero-order valence-corrected chi connectivity index (χ0v) is 19.7. The van der Waals surface area contributed by atoms with Crippen LogP contribution in [0.3, 0.4) is 0 Å². The summed E-state index contributed by atoms with van der Waals surface area (Å²) < 4.78 is 32.7. The minimum absolute atomic E-state index is 0.0416. The number of nitrogens with two attached hydrogens (primary N) is 1. The topological polar surface area (TPSA) is 116 Å². The van der Waals surface area contributed by atoms with Crippen LogP contribution < -0.4 is 15.2 Å². The molecular weight excluding hydrogens is 469 g/mol. The number of rotatable bonds is 8. The number of carboxylic acid groups (broad SMARTS) is 1. The highest BCUT2D eigenvalue weighted by Gasteiger charge is 2.34. The maximum Gasteiger partial charge on any atom is 0.326 e. The van der Waals surface area contributed by atoms with Crippen LogP contribution in [-0.4, -0.2) is 52.4 Å². The van der Waals surface area contributed by atoms with Gasteiger partial charge in [-0.15, -0.1) is 0 Å². The lowest BCUT2D eigenvalue weighted by Gasteiger charge is -2.22. The second kappa shape index (κ2) is 10.2. The highest BCUT2D eigenvalue weighted by Crippen LogP contribution is 2.32. The predicted molar refractivity (Wildman–Crippen MR) is 128 cm³/mol. The molecule has 0 spiro atoms. The summed E-state index contributed by atoms with van der Waals surface area (Å²) >= 11 is 0. The Bertz CT molecular complexity index is 1310. The first-order valence-corrected chi connectivity index (χ1v) is 11.9. The standard InChI is InChI=1S/C26H28FN3O6/c27-19-8-17-13-34-15-36-25(17)18(9-19)14-35-20-3-4-22-21(10-20)16(5-6-28)11-29(22)12-24(31)30-7-1-2-23(30)26(32)33/h3-4,8-11,23H,1-2,5-7,12-15,28H2,(H,32,33). The number of hydrogen-bond acceptors (Lipinski definition) is 6. The van der Waals surface area contributed by atoms with Crippen LogP contribution in [0.5, 0.6) is 11.5 Å². The Kier molecular flexibility index (Phi) is 6.80.